The van der Waals surface area contributed by atoms with E-state index in [1.54, 1.807) is 24.3 Å². The molecule has 7 heteroatoms. The van der Waals surface area contributed by atoms with E-state index in [2.05, 4.69) is 19.6 Å². The van der Waals surface area contributed by atoms with Gasteiger partial charge in [0.1, 0.15) is 4.88 Å². The second-order valence-electron chi connectivity index (χ2n) is 4.27. The average Bonchev–Trinajstić information content (AvgIpc) is 3.01. The Morgan fingerprint density at radius 2 is 2.00 bits per heavy atom. The number of nitrogens with one attached hydrogen (secondary N) is 1. The third kappa shape index (κ3) is 3.63. The molecule has 0 aliphatic heterocycles. The molecule has 1 N–H and O–H groups in total. The molecule has 0 atom stereocenters. The molecular weight excluding hydrogens is 290 g/mol. The van der Waals surface area contributed by atoms with Crippen molar-refractivity contribution in [2.24, 2.45) is 0 Å². The number of carbonyl (C=O) groups excluding carboxylic acids is 2. The van der Waals surface area contributed by atoms with Gasteiger partial charge in [-0.2, -0.15) is 0 Å². The zero-order valence-electron chi connectivity index (χ0n) is 11.8. The summed E-state index contributed by atoms with van der Waals surface area (Å²) in [6.07, 6.45) is 0.674. The zero-order chi connectivity index (χ0) is 15.2. The van der Waals surface area contributed by atoms with Crippen LogP contribution < -0.4 is 5.32 Å². The minimum Gasteiger partial charge on any atom is -0.465 e. The highest BCUT2D eigenvalue weighted by Crippen LogP contribution is 2.11. The van der Waals surface area contributed by atoms with Gasteiger partial charge in [-0.1, -0.05) is 23.5 Å². The third-order valence-corrected chi connectivity index (χ3v) is 3.69. The van der Waals surface area contributed by atoms with E-state index in [9.17, 15) is 9.59 Å². The van der Waals surface area contributed by atoms with Crippen LogP contribution in [0.2, 0.25) is 0 Å². The van der Waals surface area contributed by atoms with Crippen LogP contribution in [0.25, 0.3) is 0 Å². The van der Waals surface area contributed by atoms with Gasteiger partial charge in [0, 0.05) is 6.54 Å². The first kappa shape index (κ1) is 15.1. The van der Waals surface area contributed by atoms with Crippen LogP contribution in [0.5, 0.6) is 0 Å². The summed E-state index contributed by atoms with van der Waals surface area (Å²) in [5.74, 6) is -0.562. The third-order valence-electron chi connectivity index (χ3n) is 2.92. The van der Waals surface area contributed by atoms with Gasteiger partial charge in [-0.05, 0) is 35.6 Å². The van der Waals surface area contributed by atoms with Gasteiger partial charge in [0.05, 0.1) is 18.4 Å². The second-order valence-corrected chi connectivity index (χ2v) is 5.03. The topological polar surface area (TPSA) is 81.2 Å². The molecule has 6 nitrogen and oxygen atoms in total. The largest absolute Gasteiger partial charge is 0.465 e. The molecule has 0 fully saturated rings. The Balaban J connectivity index is 1.97. The summed E-state index contributed by atoms with van der Waals surface area (Å²) in [5.41, 5.74) is 2.08. The predicted molar refractivity (Wildman–Crippen MR) is 78.2 cm³/mol. The molecule has 0 radical (unpaired) electrons. The van der Waals surface area contributed by atoms with Crippen LogP contribution in [-0.4, -0.2) is 28.6 Å². The van der Waals surface area contributed by atoms with Gasteiger partial charge in [-0.3, -0.25) is 4.79 Å². The van der Waals surface area contributed by atoms with Gasteiger partial charge >= 0.3 is 5.97 Å². The van der Waals surface area contributed by atoms with E-state index in [0.717, 1.165) is 17.1 Å². The number of amides is 1. The number of ether oxygens (including phenoxy) is 1. The number of benzene rings is 1. The normalized spacial score (nSPS) is 10.2. The fourth-order valence-corrected chi connectivity index (χ4v) is 2.42. The molecule has 1 aromatic heterocycles. The molecule has 1 heterocycles. The van der Waals surface area contributed by atoms with Crippen LogP contribution in [-0.2, 0) is 17.7 Å². The first-order valence-corrected chi connectivity index (χ1v) is 7.19. The Bertz CT molecular complexity index is 637. The number of hydrogen-bond donors (Lipinski definition) is 1. The number of nitrogens with zero attached hydrogens (tertiary/aromatic N) is 2. The van der Waals surface area contributed by atoms with Crippen LogP contribution in [0.15, 0.2) is 24.3 Å². The minimum atomic E-state index is -0.381. The van der Waals surface area contributed by atoms with E-state index in [-0.39, 0.29) is 11.9 Å². The maximum atomic E-state index is 12.0. The monoisotopic (exact) mass is 305 g/mol. The van der Waals surface area contributed by atoms with E-state index in [1.807, 2.05) is 6.92 Å². The summed E-state index contributed by atoms with van der Waals surface area (Å²) in [6, 6.07) is 6.88. The van der Waals surface area contributed by atoms with Crippen molar-refractivity contribution in [3.05, 3.63) is 46.0 Å². The second kappa shape index (κ2) is 6.94. The molecule has 0 saturated carbocycles. The van der Waals surface area contributed by atoms with Crippen molar-refractivity contribution in [2.75, 3.05) is 7.11 Å². The van der Waals surface area contributed by atoms with Crippen molar-refractivity contribution in [3.63, 3.8) is 0 Å². The number of hydrogen-bond acceptors (Lipinski definition) is 6. The molecule has 0 unspecified atom stereocenters. The number of esters is 1. The summed E-state index contributed by atoms with van der Waals surface area (Å²) in [5, 5.41) is 6.72. The maximum Gasteiger partial charge on any atom is 0.337 e. The molecule has 110 valence electrons. The number of aromatic nitrogens is 2. The molecule has 2 aromatic rings. The SMILES string of the molecule is CCc1nnsc1C(=O)NCc1ccc(C(=O)OC)cc1. The smallest absolute Gasteiger partial charge is 0.337 e. The van der Waals surface area contributed by atoms with Gasteiger partial charge in [0.25, 0.3) is 5.91 Å². The van der Waals surface area contributed by atoms with Gasteiger partial charge in [-0.15, -0.1) is 5.10 Å². The van der Waals surface area contributed by atoms with Crippen LogP contribution in [0.4, 0.5) is 0 Å². The Morgan fingerprint density at radius 3 is 2.62 bits per heavy atom. The molecule has 0 aliphatic rings. The molecule has 0 spiro atoms. The quantitative estimate of drug-likeness (QED) is 0.852. The molecule has 2 rings (SSSR count). The van der Waals surface area contributed by atoms with Crippen LogP contribution in [0.1, 0.15) is 38.2 Å². The van der Waals surface area contributed by atoms with Crippen LogP contribution in [0.3, 0.4) is 0 Å². The highest BCUT2D eigenvalue weighted by molar-refractivity contribution is 7.08. The van der Waals surface area contributed by atoms with Crippen molar-refractivity contribution in [3.8, 4) is 0 Å². The van der Waals surface area contributed by atoms with Gasteiger partial charge in [0.2, 0.25) is 0 Å². The summed E-state index contributed by atoms with van der Waals surface area (Å²) in [7, 11) is 1.34. The van der Waals surface area contributed by atoms with Gasteiger partial charge < -0.3 is 10.1 Å². The first-order valence-electron chi connectivity index (χ1n) is 6.42. The highest BCUT2D eigenvalue weighted by atomic mass is 32.1. The van der Waals surface area contributed by atoms with Gasteiger partial charge in [0.15, 0.2) is 0 Å². The first-order chi connectivity index (χ1) is 10.2. The van der Waals surface area contributed by atoms with E-state index < -0.39 is 0 Å². The van der Waals surface area contributed by atoms with E-state index >= 15 is 0 Å². The molecule has 1 amide bonds. The molecular formula is C14H15N3O3S. The summed E-state index contributed by atoms with van der Waals surface area (Å²) < 4.78 is 8.42. The van der Waals surface area contributed by atoms with Crippen molar-refractivity contribution in [1.29, 1.82) is 0 Å². The van der Waals surface area contributed by atoms with Crippen molar-refractivity contribution in [1.82, 2.24) is 14.9 Å². The summed E-state index contributed by atoms with van der Waals surface area (Å²) in [6.45, 7) is 2.31. The lowest BCUT2D eigenvalue weighted by Gasteiger charge is -2.05. The standard InChI is InChI=1S/C14H15N3O3S/c1-3-11-12(21-17-16-11)13(18)15-8-9-4-6-10(7-5-9)14(19)20-2/h4-7H,3,8H2,1-2H3,(H,15,18). The van der Waals surface area contributed by atoms with Crippen LogP contribution >= 0.6 is 11.5 Å². The number of carbonyl (C=O) groups is 2. The zero-order valence-corrected chi connectivity index (χ0v) is 12.6. The summed E-state index contributed by atoms with van der Waals surface area (Å²) >= 11 is 1.09. The maximum absolute atomic E-state index is 12.0. The van der Waals surface area contributed by atoms with Crippen molar-refractivity contribution >= 4 is 23.4 Å². The fraction of sp³-hybridized carbons (Fsp3) is 0.286. The number of aryl methyl sites for hydroxylation is 1. The molecule has 0 aliphatic carbocycles. The lowest BCUT2D eigenvalue weighted by Crippen LogP contribution is -2.23. The predicted octanol–water partition coefficient (Wildman–Crippen LogP) is 1.82. The van der Waals surface area contributed by atoms with Crippen LogP contribution in [0, 0.1) is 0 Å². The lowest BCUT2D eigenvalue weighted by molar-refractivity contribution is 0.0600. The molecule has 21 heavy (non-hydrogen) atoms. The molecule has 0 saturated heterocycles. The highest BCUT2D eigenvalue weighted by Gasteiger charge is 2.14. The van der Waals surface area contributed by atoms with Crippen molar-refractivity contribution in [2.45, 2.75) is 19.9 Å². The Morgan fingerprint density at radius 1 is 1.29 bits per heavy atom. The van der Waals surface area contributed by atoms with E-state index in [1.165, 1.54) is 7.11 Å². The Hall–Kier alpha value is -2.28. The Kier molecular flexibility index (Phi) is 4.99. The lowest BCUT2D eigenvalue weighted by atomic mass is 10.1. The number of rotatable bonds is 5. The van der Waals surface area contributed by atoms with Crippen molar-refractivity contribution < 1.29 is 14.3 Å². The summed E-state index contributed by atoms with van der Waals surface area (Å²) in [4.78, 5) is 23.9. The van der Waals surface area contributed by atoms with E-state index in [4.69, 9.17) is 0 Å². The van der Waals surface area contributed by atoms with E-state index in [0.29, 0.717) is 29.1 Å². The molecule has 0 bridgehead atoms. The fourth-order valence-electron chi connectivity index (χ4n) is 1.75. The Labute approximate surface area is 126 Å². The average molecular weight is 305 g/mol. The molecule has 1 aromatic carbocycles. The number of methoxy groups -OCH3 is 1. The minimum absolute atomic E-state index is 0.182. The van der Waals surface area contributed by atoms with Gasteiger partial charge in [-0.25, -0.2) is 4.79 Å².